The molecule has 1 aromatic heterocycles. The largest absolute Gasteiger partial charge is 0.359 e. The maximum Gasteiger partial charge on any atom is 0.128 e. The van der Waals surface area contributed by atoms with E-state index >= 15 is 0 Å². The Hall–Kier alpha value is -0.800. The summed E-state index contributed by atoms with van der Waals surface area (Å²) >= 11 is 6.13. The molecule has 1 aliphatic rings. The summed E-state index contributed by atoms with van der Waals surface area (Å²) < 4.78 is 0. The SMILES string of the molecule is CCNCc1nc(N(C)CC2CC2)ccc1Cl. The highest BCUT2D eigenvalue weighted by atomic mass is 35.5. The number of aromatic nitrogens is 1. The van der Waals surface area contributed by atoms with Crippen LogP contribution < -0.4 is 10.2 Å². The van der Waals surface area contributed by atoms with Crippen molar-refractivity contribution < 1.29 is 0 Å². The Labute approximate surface area is 108 Å². The highest BCUT2D eigenvalue weighted by Gasteiger charge is 2.23. The minimum absolute atomic E-state index is 0.737. The standard InChI is InChI=1S/C13H20ClN3/c1-3-15-8-12-11(14)6-7-13(16-12)17(2)9-10-4-5-10/h6-7,10,15H,3-5,8-9H2,1-2H3. The first-order chi connectivity index (χ1) is 8.20. The molecule has 1 aromatic rings. The molecule has 0 saturated heterocycles. The van der Waals surface area contributed by atoms with E-state index in [1.54, 1.807) is 0 Å². The summed E-state index contributed by atoms with van der Waals surface area (Å²) in [5.41, 5.74) is 0.939. The first-order valence-corrected chi connectivity index (χ1v) is 6.65. The highest BCUT2D eigenvalue weighted by Crippen LogP contribution is 2.30. The number of nitrogens with one attached hydrogen (secondary N) is 1. The van der Waals surface area contributed by atoms with Crippen LogP contribution in [-0.2, 0) is 6.54 Å². The number of anilines is 1. The Kier molecular flexibility index (Phi) is 4.24. The van der Waals surface area contributed by atoms with Gasteiger partial charge in [-0.25, -0.2) is 4.98 Å². The molecule has 17 heavy (non-hydrogen) atoms. The van der Waals surface area contributed by atoms with Crippen LogP contribution in [0.25, 0.3) is 0 Å². The molecule has 0 unspecified atom stereocenters. The summed E-state index contributed by atoms with van der Waals surface area (Å²) in [6, 6.07) is 3.94. The van der Waals surface area contributed by atoms with E-state index in [0.29, 0.717) is 0 Å². The fraction of sp³-hybridized carbons (Fsp3) is 0.615. The van der Waals surface area contributed by atoms with Crippen LogP contribution in [0.15, 0.2) is 12.1 Å². The molecule has 0 amide bonds. The van der Waals surface area contributed by atoms with Crippen LogP contribution >= 0.6 is 11.6 Å². The summed E-state index contributed by atoms with van der Waals surface area (Å²) in [6.07, 6.45) is 2.73. The molecular weight excluding hydrogens is 234 g/mol. The number of nitrogens with zero attached hydrogens (tertiary/aromatic N) is 2. The van der Waals surface area contributed by atoms with E-state index in [0.717, 1.165) is 42.1 Å². The van der Waals surface area contributed by atoms with Gasteiger partial charge in [-0.2, -0.15) is 0 Å². The van der Waals surface area contributed by atoms with Crippen molar-refractivity contribution in [2.75, 3.05) is 25.0 Å². The smallest absolute Gasteiger partial charge is 0.128 e. The van der Waals surface area contributed by atoms with Crippen molar-refractivity contribution in [3.8, 4) is 0 Å². The highest BCUT2D eigenvalue weighted by molar-refractivity contribution is 6.31. The van der Waals surface area contributed by atoms with E-state index in [-0.39, 0.29) is 0 Å². The van der Waals surface area contributed by atoms with Gasteiger partial charge in [-0.1, -0.05) is 18.5 Å². The molecular formula is C13H20ClN3. The average molecular weight is 254 g/mol. The predicted octanol–water partition coefficient (Wildman–Crippen LogP) is 2.69. The number of hydrogen-bond acceptors (Lipinski definition) is 3. The predicted molar refractivity (Wildman–Crippen MR) is 72.6 cm³/mol. The van der Waals surface area contributed by atoms with Crippen molar-refractivity contribution in [2.24, 2.45) is 5.92 Å². The molecule has 0 atom stereocenters. The summed E-state index contributed by atoms with van der Waals surface area (Å²) in [6.45, 7) is 4.85. The third kappa shape index (κ3) is 3.58. The van der Waals surface area contributed by atoms with Crippen LogP contribution in [0.4, 0.5) is 5.82 Å². The first-order valence-electron chi connectivity index (χ1n) is 6.28. The molecule has 3 nitrogen and oxygen atoms in total. The molecule has 1 fully saturated rings. The number of rotatable bonds is 6. The minimum atomic E-state index is 0.737. The van der Waals surface area contributed by atoms with Crippen LogP contribution in [0.3, 0.4) is 0 Å². The van der Waals surface area contributed by atoms with Crippen molar-refractivity contribution in [1.82, 2.24) is 10.3 Å². The van der Waals surface area contributed by atoms with E-state index in [2.05, 4.69) is 29.2 Å². The van der Waals surface area contributed by atoms with E-state index < -0.39 is 0 Å². The molecule has 1 aliphatic carbocycles. The molecule has 0 spiro atoms. The van der Waals surface area contributed by atoms with Crippen molar-refractivity contribution in [3.05, 3.63) is 22.8 Å². The van der Waals surface area contributed by atoms with E-state index in [1.165, 1.54) is 12.8 Å². The molecule has 2 rings (SSSR count). The fourth-order valence-electron chi connectivity index (χ4n) is 1.83. The second kappa shape index (κ2) is 5.69. The van der Waals surface area contributed by atoms with Gasteiger partial charge in [-0.15, -0.1) is 0 Å². The van der Waals surface area contributed by atoms with Gasteiger partial charge in [-0.3, -0.25) is 0 Å². The molecule has 0 radical (unpaired) electrons. The summed E-state index contributed by atoms with van der Waals surface area (Å²) in [4.78, 5) is 6.85. The van der Waals surface area contributed by atoms with Gasteiger partial charge in [0.15, 0.2) is 0 Å². The van der Waals surface area contributed by atoms with Crippen molar-refractivity contribution in [2.45, 2.75) is 26.3 Å². The average Bonchev–Trinajstić information content (AvgIpc) is 3.11. The van der Waals surface area contributed by atoms with Crippen molar-refractivity contribution >= 4 is 17.4 Å². The van der Waals surface area contributed by atoms with Crippen LogP contribution in [-0.4, -0.2) is 25.1 Å². The molecule has 0 aliphatic heterocycles. The van der Waals surface area contributed by atoms with Gasteiger partial charge in [0.05, 0.1) is 10.7 Å². The molecule has 1 heterocycles. The Balaban J connectivity index is 2.05. The van der Waals surface area contributed by atoms with Crippen molar-refractivity contribution in [1.29, 1.82) is 0 Å². The molecule has 94 valence electrons. The zero-order valence-corrected chi connectivity index (χ0v) is 11.3. The second-order valence-corrected chi connectivity index (χ2v) is 5.11. The Morgan fingerprint density at radius 2 is 2.24 bits per heavy atom. The summed E-state index contributed by atoms with van der Waals surface area (Å²) in [7, 11) is 2.10. The quantitative estimate of drug-likeness (QED) is 0.845. The summed E-state index contributed by atoms with van der Waals surface area (Å²) in [5, 5.41) is 4.00. The summed E-state index contributed by atoms with van der Waals surface area (Å²) in [5.74, 6) is 1.89. The molecule has 0 aromatic carbocycles. The van der Waals surface area contributed by atoms with Crippen LogP contribution in [0.1, 0.15) is 25.5 Å². The molecule has 0 bridgehead atoms. The van der Waals surface area contributed by atoms with Gasteiger partial charge in [0, 0.05) is 20.1 Å². The molecule has 4 heteroatoms. The minimum Gasteiger partial charge on any atom is -0.359 e. The Morgan fingerprint density at radius 3 is 2.88 bits per heavy atom. The lowest BCUT2D eigenvalue weighted by Crippen LogP contribution is -2.22. The van der Waals surface area contributed by atoms with Gasteiger partial charge < -0.3 is 10.2 Å². The topological polar surface area (TPSA) is 28.2 Å². The van der Waals surface area contributed by atoms with Crippen LogP contribution in [0.5, 0.6) is 0 Å². The normalized spacial score (nSPS) is 15.0. The Morgan fingerprint density at radius 1 is 1.47 bits per heavy atom. The lowest BCUT2D eigenvalue weighted by Gasteiger charge is -2.19. The number of hydrogen-bond donors (Lipinski definition) is 1. The maximum absolute atomic E-state index is 6.13. The fourth-order valence-corrected chi connectivity index (χ4v) is 2.01. The zero-order valence-electron chi connectivity index (χ0n) is 10.5. The molecule has 1 N–H and O–H groups in total. The van der Waals surface area contributed by atoms with Gasteiger partial charge in [-0.05, 0) is 37.4 Å². The lowest BCUT2D eigenvalue weighted by atomic mass is 10.3. The van der Waals surface area contributed by atoms with Gasteiger partial charge >= 0.3 is 0 Å². The van der Waals surface area contributed by atoms with E-state index in [4.69, 9.17) is 11.6 Å². The van der Waals surface area contributed by atoms with E-state index in [1.807, 2.05) is 12.1 Å². The number of pyridine rings is 1. The molecule has 1 saturated carbocycles. The monoisotopic (exact) mass is 253 g/mol. The van der Waals surface area contributed by atoms with Gasteiger partial charge in [0.25, 0.3) is 0 Å². The van der Waals surface area contributed by atoms with Gasteiger partial charge in [0.1, 0.15) is 5.82 Å². The van der Waals surface area contributed by atoms with E-state index in [9.17, 15) is 0 Å². The van der Waals surface area contributed by atoms with Crippen LogP contribution in [0.2, 0.25) is 5.02 Å². The number of halogens is 1. The van der Waals surface area contributed by atoms with Gasteiger partial charge in [0.2, 0.25) is 0 Å². The second-order valence-electron chi connectivity index (χ2n) is 4.70. The maximum atomic E-state index is 6.13. The third-order valence-corrected chi connectivity index (χ3v) is 3.41. The zero-order chi connectivity index (χ0) is 12.3. The lowest BCUT2D eigenvalue weighted by molar-refractivity contribution is 0.706. The van der Waals surface area contributed by atoms with Crippen molar-refractivity contribution in [3.63, 3.8) is 0 Å². The Bertz CT molecular complexity index is 377. The van der Waals surface area contributed by atoms with Crippen LogP contribution in [0, 0.1) is 5.92 Å². The third-order valence-electron chi connectivity index (χ3n) is 3.07. The first kappa shape index (κ1) is 12.7.